The maximum atomic E-state index is 13.7. The molecule has 0 radical (unpaired) electrons. The van der Waals surface area contributed by atoms with Gasteiger partial charge in [0.1, 0.15) is 0 Å². The first-order valence-corrected chi connectivity index (χ1v) is 11.0. The monoisotopic (exact) mass is 486 g/mol. The van der Waals surface area contributed by atoms with Gasteiger partial charge in [0.05, 0.1) is 33.4 Å². The van der Waals surface area contributed by atoms with Crippen molar-refractivity contribution in [2.24, 2.45) is 0 Å². The molecule has 10 heteroatoms. The number of pyridine rings is 2. The van der Waals surface area contributed by atoms with Crippen molar-refractivity contribution in [3.63, 3.8) is 0 Å². The molecule has 0 fully saturated rings. The van der Waals surface area contributed by atoms with Crippen molar-refractivity contribution >= 4 is 17.6 Å². The Bertz CT molecular complexity index is 1350. The normalized spacial score (nSPS) is 15.5. The number of non-ortho nitro benzene ring substituents is 1. The number of esters is 1. The summed E-state index contributed by atoms with van der Waals surface area (Å²) in [7, 11) is 0. The van der Waals surface area contributed by atoms with E-state index in [1.54, 1.807) is 68.7 Å². The third-order valence-corrected chi connectivity index (χ3v) is 5.76. The van der Waals surface area contributed by atoms with Crippen LogP contribution >= 0.6 is 0 Å². The SMILES string of the molecule is CC1=C(C(=O)O)C(c2cccc([N+](=O)[O-])c2)C(C(=O)OC(c2ccccn2)c2ccccn2)=C(C)N1. The first kappa shape index (κ1) is 24.3. The molecule has 0 spiro atoms. The van der Waals surface area contributed by atoms with Gasteiger partial charge in [0.15, 0.2) is 6.10 Å². The molecule has 10 nitrogen and oxygen atoms in total. The molecular formula is C26H22N4O6. The van der Waals surface area contributed by atoms with Gasteiger partial charge in [0.25, 0.3) is 5.69 Å². The number of nitrogens with one attached hydrogen (secondary N) is 1. The lowest BCUT2D eigenvalue weighted by atomic mass is 9.80. The average molecular weight is 486 g/mol. The van der Waals surface area contributed by atoms with Crippen LogP contribution in [0.4, 0.5) is 5.69 Å². The molecule has 0 saturated heterocycles. The molecule has 36 heavy (non-hydrogen) atoms. The largest absolute Gasteiger partial charge is 0.478 e. The van der Waals surface area contributed by atoms with Crippen LogP contribution in [-0.4, -0.2) is 31.9 Å². The van der Waals surface area contributed by atoms with E-state index in [1.807, 2.05) is 0 Å². The second kappa shape index (κ2) is 10.2. The highest BCUT2D eigenvalue weighted by Crippen LogP contribution is 2.40. The Labute approximate surface area is 206 Å². The fourth-order valence-electron chi connectivity index (χ4n) is 4.20. The van der Waals surface area contributed by atoms with Crippen molar-refractivity contribution in [1.82, 2.24) is 15.3 Å². The molecule has 0 bridgehead atoms. The van der Waals surface area contributed by atoms with E-state index in [-0.39, 0.29) is 22.4 Å². The average Bonchev–Trinajstić information content (AvgIpc) is 2.87. The van der Waals surface area contributed by atoms with E-state index in [0.29, 0.717) is 22.8 Å². The molecule has 2 aromatic heterocycles. The lowest BCUT2D eigenvalue weighted by Gasteiger charge is -2.30. The number of dihydropyridines is 1. The standard InChI is InChI=1S/C26H22N4O6/c1-15-21(25(31)32)23(17-8-7-9-18(14-17)30(34)35)22(16(2)29-15)26(33)36-24(19-10-3-5-12-27-19)20-11-4-6-13-28-20/h3-14,23-24,29H,1-2H3,(H,31,32). The molecule has 1 atom stereocenters. The Kier molecular flexibility index (Phi) is 6.86. The summed E-state index contributed by atoms with van der Waals surface area (Å²) >= 11 is 0. The Morgan fingerprint density at radius 2 is 1.58 bits per heavy atom. The molecule has 0 saturated carbocycles. The summed E-state index contributed by atoms with van der Waals surface area (Å²) in [5, 5.41) is 24.4. The minimum absolute atomic E-state index is 0.0235. The van der Waals surface area contributed by atoms with Gasteiger partial charge in [0.2, 0.25) is 0 Å². The number of carbonyl (C=O) groups excluding carboxylic acids is 1. The number of rotatable bonds is 7. The summed E-state index contributed by atoms with van der Waals surface area (Å²) in [6.07, 6.45) is 2.16. The number of nitro groups is 1. The maximum absolute atomic E-state index is 13.7. The predicted octanol–water partition coefficient (Wildman–Crippen LogP) is 4.04. The number of hydrogen-bond donors (Lipinski definition) is 2. The van der Waals surface area contributed by atoms with E-state index < -0.39 is 28.9 Å². The van der Waals surface area contributed by atoms with Crippen molar-refractivity contribution in [3.8, 4) is 0 Å². The third-order valence-electron chi connectivity index (χ3n) is 5.76. The van der Waals surface area contributed by atoms with Crippen molar-refractivity contribution < 1.29 is 24.4 Å². The quantitative estimate of drug-likeness (QED) is 0.287. The zero-order chi connectivity index (χ0) is 25.8. The van der Waals surface area contributed by atoms with E-state index in [0.717, 1.165) is 0 Å². The Morgan fingerprint density at radius 3 is 2.11 bits per heavy atom. The number of nitrogens with zero attached hydrogens (tertiary/aromatic N) is 3. The lowest BCUT2D eigenvalue weighted by Crippen LogP contribution is -2.32. The van der Waals surface area contributed by atoms with Gasteiger partial charge in [-0.3, -0.25) is 20.1 Å². The van der Waals surface area contributed by atoms with Gasteiger partial charge in [-0.1, -0.05) is 24.3 Å². The predicted molar refractivity (Wildman–Crippen MR) is 128 cm³/mol. The molecule has 182 valence electrons. The van der Waals surface area contributed by atoms with Crippen molar-refractivity contribution in [2.45, 2.75) is 25.9 Å². The Balaban J connectivity index is 1.81. The first-order chi connectivity index (χ1) is 17.3. The van der Waals surface area contributed by atoms with Crippen LogP contribution in [0.2, 0.25) is 0 Å². The number of nitro benzene ring substituents is 1. The van der Waals surface area contributed by atoms with Gasteiger partial charge in [-0.05, 0) is 43.7 Å². The topological polar surface area (TPSA) is 145 Å². The summed E-state index contributed by atoms with van der Waals surface area (Å²) in [5.74, 6) is -3.17. The van der Waals surface area contributed by atoms with Gasteiger partial charge in [-0.2, -0.15) is 0 Å². The molecule has 3 aromatic rings. The molecule has 1 aromatic carbocycles. The number of hydrogen-bond acceptors (Lipinski definition) is 8. The van der Waals surface area contributed by atoms with Crippen LogP contribution in [0.25, 0.3) is 0 Å². The molecule has 1 aliphatic heterocycles. The first-order valence-electron chi connectivity index (χ1n) is 11.0. The minimum atomic E-state index is -1.26. The van der Waals surface area contributed by atoms with Gasteiger partial charge in [-0.15, -0.1) is 0 Å². The number of aromatic nitrogens is 2. The highest BCUT2D eigenvalue weighted by atomic mass is 16.6. The number of carboxylic acids is 1. The maximum Gasteiger partial charge on any atom is 0.337 e. The highest BCUT2D eigenvalue weighted by Gasteiger charge is 2.39. The lowest BCUT2D eigenvalue weighted by molar-refractivity contribution is -0.384. The molecule has 0 aliphatic carbocycles. The second-order valence-corrected chi connectivity index (χ2v) is 8.09. The Hall–Kier alpha value is -4.86. The van der Waals surface area contributed by atoms with E-state index in [1.165, 1.54) is 18.2 Å². The molecule has 2 N–H and O–H groups in total. The van der Waals surface area contributed by atoms with E-state index in [2.05, 4.69) is 15.3 Å². The van der Waals surface area contributed by atoms with Crippen LogP contribution < -0.4 is 5.32 Å². The number of carboxylic acid groups (broad SMARTS) is 1. The zero-order valence-electron chi connectivity index (χ0n) is 19.4. The number of ether oxygens (including phenoxy) is 1. The van der Waals surface area contributed by atoms with Crippen LogP contribution in [0.5, 0.6) is 0 Å². The minimum Gasteiger partial charge on any atom is -0.478 e. The van der Waals surface area contributed by atoms with Gasteiger partial charge in [0, 0.05) is 35.9 Å². The summed E-state index contributed by atoms with van der Waals surface area (Å²) in [6, 6.07) is 15.9. The van der Waals surface area contributed by atoms with Crippen LogP contribution in [-0.2, 0) is 14.3 Å². The van der Waals surface area contributed by atoms with Crippen molar-refractivity contribution in [3.05, 3.63) is 123 Å². The summed E-state index contributed by atoms with van der Waals surface area (Å²) in [6.45, 7) is 3.20. The number of aliphatic carboxylic acids is 1. The van der Waals surface area contributed by atoms with E-state index >= 15 is 0 Å². The smallest absolute Gasteiger partial charge is 0.337 e. The van der Waals surface area contributed by atoms with E-state index in [9.17, 15) is 24.8 Å². The molecule has 0 amide bonds. The molecule has 1 unspecified atom stereocenters. The highest BCUT2D eigenvalue weighted by molar-refractivity contribution is 5.99. The fourth-order valence-corrected chi connectivity index (χ4v) is 4.20. The molecule has 1 aliphatic rings. The molecule has 4 rings (SSSR count). The molecular weight excluding hydrogens is 464 g/mol. The fraction of sp³-hybridized carbons (Fsp3) is 0.154. The van der Waals surface area contributed by atoms with Gasteiger partial charge < -0.3 is 15.2 Å². The van der Waals surface area contributed by atoms with Gasteiger partial charge >= 0.3 is 11.9 Å². The van der Waals surface area contributed by atoms with Crippen LogP contribution in [0.1, 0.15) is 42.8 Å². The third kappa shape index (κ3) is 4.83. The Morgan fingerprint density at radius 1 is 0.972 bits per heavy atom. The van der Waals surface area contributed by atoms with Gasteiger partial charge in [-0.25, -0.2) is 9.59 Å². The second-order valence-electron chi connectivity index (χ2n) is 8.09. The molecule has 3 heterocycles. The summed E-state index contributed by atoms with van der Waals surface area (Å²) in [5.41, 5.74) is 1.53. The number of allylic oxidation sites excluding steroid dienone is 2. The summed E-state index contributed by atoms with van der Waals surface area (Å²) < 4.78 is 5.91. The van der Waals surface area contributed by atoms with E-state index in [4.69, 9.17) is 4.74 Å². The number of benzene rings is 1. The van der Waals surface area contributed by atoms with Crippen LogP contribution in [0.15, 0.2) is 95.6 Å². The zero-order valence-corrected chi connectivity index (χ0v) is 19.4. The van der Waals surface area contributed by atoms with Crippen LogP contribution in [0.3, 0.4) is 0 Å². The van der Waals surface area contributed by atoms with Crippen molar-refractivity contribution in [1.29, 1.82) is 0 Å². The summed E-state index contributed by atoms with van der Waals surface area (Å²) in [4.78, 5) is 45.4. The van der Waals surface area contributed by atoms with Crippen LogP contribution in [0, 0.1) is 10.1 Å². The van der Waals surface area contributed by atoms with Crippen molar-refractivity contribution in [2.75, 3.05) is 0 Å². The number of carbonyl (C=O) groups is 2.